The third-order valence-electron chi connectivity index (χ3n) is 4.77. The molecule has 138 valence electrons. The van der Waals surface area contributed by atoms with Gasteiger partial charge in [0.2, 0.25) is 0 Å². The third-order valence-corrected chi connectivity index (χ3v) is 5.12. The monoisotopic (exact) mass is 390 g/mol. The number of para-hydroxylation sites is 2. The normalized spacial score (nSPS) is 17.6. The summed E-state index contributed by atoms with van der Waals surface area (Å²) in [6.07, 6.45) is 0. The molecule has 0 spiro atoms. The second kappa shape index (κ2) is 6.55. The second-order valence-corrected chi connectivity index (χ2v) is 6.88. The van der Waals surface area contributed by atoms with Crippen molar-refractivity contribution in [2.75, 3.05) is 22.2 Å². The summed E-state index contributed by atoms with van der Waals surface area (Å²) in [6.45, 7) is 1.91. The van der Waals surface area contributed by atoms with Gasteiger partial charge < -0.3 is 10.2 Å². The maximum atomic E-state index is 13.1. The Balaban J connectivity index is 1.80. The number of imide groups is 1. The van der Waals surface area contributed by atoms with Crippen molar-refractivity contribution in [1.29, 1.82) is 5.26 Å². The number of anilines is 3. The molecule has 2 aliphatic heterocycles. The van der Waals surface area contributed by atoms with E-state index in [2.05, 4.69) is 5.32 Å². The summed E-state index contributed by atoms with van der Waals surface area (Å²) in [7, 11) is 1.78. The number of nitriles is 1. The van der Waals surface area contributed by atoms with Gasteiger partial charge >= 0.3 is 0 Å². The Morgan fingerprint density at radius 3 is 2.39 bits per heavy atom. The Hall–Kier alpha value is -3.56. The molecule has 2 aromatic rings. The van der Waals surface area contributed by atoms with Crippen LogP contribution in [0.3, 0.4) is 0 Å². The smallest absolute Gasteiger partial charge is 0.277 e. The van der Waals surface area contributed by atoms with E-state index in [0.29, 0.717) is 11.5 Å². The highest BCUT2D eigenvalue weighted by Gasteiger charge is 2.42. The molecule has 2 aromatic carbocycles. The molecule has 0 bridgehead atoms. The predicted molar refractivity (Wildman–Crippen MR) is 108 cm³/mol. The largest absolute Gasteiger partial charge is 0.339 e. The minimum absolute atomic E-state index is 0.0247. The first-order valence-electron chi connectivity index (χ1n) is 8.53. The van der Waals surface area contributed by atoms with Crippen LogP contribution in [0.1, 0.15) is 5.56 Å². The minimum Gasteiger partial charge on any atom is -0.339 e. The summed E-state index contributed by atoms with van der Waals surface area (Å²) in [5.74, 6) is -0.852. The fourth-order valence-corrected chi connectivity index (χ4v) is 3.57. The molecular formula is C21H15ClN4O2. The molecule has 2 aliphatic rings. The summed E-state index contributed by atoms with van der Waals surface area (Å²) in [4.78, 5) is 28.5. The molecule has 0 saturated carbocycles. The zero-order chi connectivity index (χ0) is 20.0. The van der Waals surface area contributed by atoms with Crippen LogP contribution >= 0.6 is 11.6 Å². The van der Waals surface area contributed by atoms with Gasteiger partial charge in [-0.3, -0.25) is 9.59 Å². The molecule has 0 atom stereocenters. The SMILES string of the molecule is Cc1ccc(N2C(=O)C(Cl)=C(/C(C#N)=C3/Nc4ccccc4N3C)C2=O)cc1. The summed E-state index contributed by atoms with van der Waals surface area (Å²) >= 11 is 6.25. The van der Waals surface area contributed by atoms with Gasteiger partial charge in [0, 0.05) is 7.05 Å². The van der Waals surface area contributed by atoms with E-state index in [1.807, 2.05) is 37.3 Å². The molecule has 0 fully saturated rings. The number of carbonyl (C=O) groups is 2. The highest BCUT2D eigenvalue weighted by Crippen LogP contribution is 2.40. The summed E-state index contributed by atoms with van der Waals surface area (Å²) in [5, 5.41) is 12.7. The van der Waals surface area contributed by atoms with Crippen LogP contribution in [0.25, 0.3) is 0 Å². The van der Waals surface area contributed by atoms with Crippen molar-refractivity contribution < 1.29 is 9.59 Å². The number of hydrogen-bond donors (Lipinski definition) is 1. The summed E-state index contributed by atoms with van der Waals surface area (Å²) in [6, 6.07) is 16.5. The van der Waals surface area contributed by atoms with Gasteiger partial charge in [0.15, 0.2) is 0 Å². The number of rotatable bonds is 2. The van der Waals surface area contributed by atoms with E-state index in [1.165, 1.54) is 0 Å². The van der Waals surface area contributed by atoms with Crippen LogP contribution in [0.5, 0.6) is 0 Å². The Morgan fingerprint density at radius 1 is 1.07 bits per heavy atom. The molecular weight excluding hydrogens is 376 g/mol. The first kappa shape index (κ1) is 17.8. The number of fused-ring (bicyclic) bond motifs is 1. The maximum absolute atomic E-state index is 13.1. The first-order chi connectivity index (χ1) is 13.4. The lowest BCUT2D eigenvalue weighted by Gasteiger charge is -2.17. The average molecular weight is 391 g/mol. The van der Waals surface area contributed by atoms with Gasteiger partial charge in [0.05, 0.1) is 22.6 Å². The summed E-state index contributed by atoms with van der Waals surface area (Å²) in [5.41, 5.74) is 2.99. The lowest BCUT2D eigenvalue weighted by molar-refractivity contribution is -0.120. The van der Waals surface area contributed by atoms with Crippen molar-refractivity contribution >= 4 is 40.5 Å². The van der Waals surface area contributed by atoms with Crippen LogP contribution in [-0.2, 0) is 9.59 Å². The molecule has 0 radical (unpaired) electrons. The van der Waals surface area contributed by atoms with Crippen molar-refractivity contribution in [2.24, 2.45) is 0 Å². The van der Waals surface area contributed by atoms with Gasteiger partial charge in [0.25, 0.3) is 11.8 Å². The van der Waals surface area contributed by atoms with Crippen molar-refractivity contribution in [3.8, 4) is 6.07 Å². The Morgan fingerprint density at radius 2 is 1.75 bits per heavy atom. The Kier molecular flexibility index (Phi) is 4.17. The first-order valence-corrected chi connectivity index (χ1v) is 8.91. The van der Waals surface area contributed by atoms with E-state index in [1.54, 1.807) is 36.2 Å². The molecule has 2 heterocycles. The zero-order valence-corrected chi connectivity index (χ0v) is 15.9. The molecule has 0 saturated heterocycles. The van der Waals surface area contributed by atoms with Crippen molar-refractivity contribution in [2.45, 2.75) is 6.92 Å². The maximum Gasteiger partial charge on any atom is 0.277 e. The quantitative estimate of drug-likeness (QED) is 0.625. The Labute approximate surface area is 166 Å². The van der Waals surface area contributed by atoms with E-state index in [0.717, 1.165) is 21.8 Å². The van der Waals surface area contributed by atoms with Crippen LogP contribution in [0, 0.1) is 18.3 Å². The number of aryl methyl sites for hydroxylation is 1. The van der Waals surface area contributed by atoms with Crippen molar-refractivity contribution in [1.82, 2.24) is 0 Å². The second-order valence-electron chi connectivity index (χ2n) is 6.51. The fourth-order valence-electron chi connectivity index (χ4n) is 3.31. The average Bonchev–Trinajstić information content (AvgIpc) is 3.13. The fraction of sp³-hybridized carbons (Fsp3) is 0.0952. The predicted octanol–water partition coefficient (Wildman–Crippen LogP) is 3.66. The van der Waals surface area contributed by atoms with Gasteiger partial charge in [-0.25, -0.2) is 4.90 Å². The highest BCUT2D eigenvalue weighted by molar-refractivity contribution is 6.53. The van der Waals surface area contributed by atoms with Crippen molar-refractivity contribution in [3.63, 3.8) is 0 Å². The van der Waals surface area contributed by atoms with Gasteiger partial charge in [-0.05, 0) is 31.2 Å². The molecule has 28 heavy (non-hydrogen) atoms. The number of carbonyl (C=O) groups excluding carboxylic acids is 2. The minimum atomic E-state index is -0.642. The van der Waals surface area contributed by atoms with Gasteiger partial charge in [-0.2, -0.15) is 5.26 Å². The zero-order valence-electron chi connectivity index (χ0n) is 15.2. The molecule has 0 aliphatic carbocycles. The van der Waals surface area contributed by atoms with Crippen LogP contribution in [0.15, 0.2) is 70.5 Å². The van der Waals surface area contributed by atoms with E-state index < -0.39 is 11.8 Å². The lowest BCUT2D eigenvalue weighted by atomic mass is 10.1. The van der Waals surface area contributed by atoms with Crippen LogP contribution in [0.4, 0.5) is 17.1 Å². The number of nitrogens with zero attached hydrogens (tertiary/aromatic N) is 3. The summed E-state index contributed by atoms with van der Waals surface area (Å²) < 4.78 is 0. The van der Waals surface area contributed by atoms with Crippen LogP contribution in [-0.4, -0.2) is 18.9 Å². The van der Waals surface area contributed by atoms with Gasteiger partial charge in [0.1, 0.15) is 22.5 Å². The third kappa shape index (κ3) is 2.56. The molecule has 2 amide bonds. The van der Waals surface area contributed by atoms with Crippen LogP contribution in [0.2, 0.25) is 0 Å². The molecule has 7 heteroatoms. The number of nitrogens with one attached hydrogen (secondary N) is 1. The number of halogens is 1. The number of benzene rings is 2. The molecule has 0 unspecified atom stereocenters. The van der Waals surface area contributed by atoms with E-state index in [-0.39, 0.29) is 16.2 Å². The van der Waals surface area contributed by atoms with Crippen LogP contribution < -0.4 is 15.1 Å². The standard InChI is InChI=1S/C21H15ClN4O2/c1-12-7-9-13(10-8-12)26-20(27)17(18(22)21(26)28)14(11-23)19-24-15-5-3-4-6-16(15)25(19)2/h3-10,24H,1-2H3/b19-14-. The molecule has 4 rings (SSSR count). The van der Waals surface area contributed by atoms with E-state index in [4.69, 9.17) is 11.6 Å². The number of hydrogen-bond acceptors (Lipinski definition) is 5. The highest BCUT2D eigenvalue weighted by atomic mass is 35.5. The topological polar surface area (TPSA) is 76.4 Å². The van der Waals surface area contributed by atoms with E-state index >= 15 is 0 Å². The van der Waals surface area contributed by atoms with Crippen molar-refractivity contribution in [3.05, 3.63) is 76.1 Å². The van der Waals surface area contributed by atoms with E-state index in [9.17, 15) is 14.9 Å². The molecule has 0 aromatic heterocycles. The van der Waals surface area contributed by atoms with Gasteiger partial charge in [-0.1, -0.05) is 41.4 Å². The molecule has 6 nitrogen and oxygen atoms in total. The lowest BCUT2D eigenvalue weighted by Crippen LogP contribution is -2.31. The Bertz CT molecular complexity index is 1130. The molecule has 1 N–H and O–H groups in total. The number of amides is 2. The van der Waals surface area contributed by atoms with Gasteiger partial charge in [-0.15, -0.1) is 0 Å².